The van der Waals surface area contributed by atoms with E-state index >= 15 is 0 Å². The van der Waals surface area contributed by atoms with E-state index in [9.17, 15) is 0 Å². The first-order chi connectivity index (χ1) is 7.81. The van der Waals surface area contributed by atoms with E-state index in [4.69, 9.17) is 0 Å². The molecule has 0 aromatic carbocycles. The van der Waals surface area contributed by atoms with Crippen LogP contribution in [0.4, 0.5) is 0 Å². The van der Waals surface area contributed by atoms with Gasteiger partial charge in [0, 0.05) is 25.0 Å². The maximum absolute atomic E-state index is 4.29. The fourth-order valence-corrected chi connectivity index (χ4v) is 2.81. The van der Waals surface area contributed by atoms with Gasteiger partial charge in [0.25, 0.3) is 0 Å². The summed E-state index contributed by atoms with van der Waals surface area (Å²) in [6.07, 6.45) is 9.60. The molecule has 16 heavy (non-hydrogen) atoms. The van der Waals surface area contributed by atoms with E-state index in [1.54, 1.807) is 0 Å². The van der Waals surface area contributed by atoms with Gasteiger partial charge in [0.1, 0.15) is 5.82 Å². The van der Waals surface area contributed by atoms with Gasteiger partial charge >= 0.3 is 0 Å². The van der Waals surface area contributed by atoms with Gasteiger partial charge in [0.05, 0.1) is 0 Å². The Morgan fingerprint density at radius 1 is 1.50 bits per heavy atom. The van der Waals surface area contributed by atoms with E-state index < -0.39 is 0 Å². The Hall–Kier alpha value is -0.830. The van der Waals surface area contributed by atoms with Crippen LogP contribution >= 0.6 is 0 Å². The molecule has 2 rings (SSSR count). The van der Waals surface area contributed by atoms with Crippen molar-refractivity contribution in [1.82, 2.24) is 14.9 Å². The maximum atomic E-state index is 4.29. The van der Waals surface area contributed by atoms with Crippen LogP contribution in [0.1, 0.15) is 38.4 Å². The number of nitrogens with zero attached hydrogens (tertiary/aromatic N) is 2. The standard InChI is InChI=1S/C13H23N3/c1-3-14-13(12-6-4-5-7-12)10-16-9-8-15-11(16)2/h8-9,12-14H,3-7,10H2,1-2H3. The minimum atomic E-state index is 0.625. The van der Waals surface area contributed by atoms with E-state index in [0.717, 1.165) is 24.8 Å². The number of rotatable bonds is 5. The second kappa shape index (κ2) is 5.48. The van der Waals surface area contributed by atoms with Crippen LogP contribution in [0.5, 0.6) is 0 Å². The second-order valence-electron chi connectivity index (χ2n) is 4.84. The van der Waals surface area contributed by atoms with Crippen LogP contribution in [0, 0.1) is 12.8 Å². The molecule has 1 heterocycles. The summed E-state index contributed by atoms with van der Waals surface area (Å²) < 4.78 is 2.27. The zero-order valence-corrected chi connectivity index (χ0v) is 10.4. The minimum Gasteiger partial charge on any atom is -0.334 e. The molecule has 0 amide bonds. The average molecular weight is 221 g/mol. The van der Waals surface area contributed by atoms with Crippen molar-refractivity contribution in [2.24, 2.45) is 5.92 Å². The molecule has 0 spiro atoms. The molecule has 1 aromatic rings. The van der Waals surface area contributed by atoms with E-state index in [1.807, 2.05) is 6.20 Å². The fourth-order valence-electron chi connectivity index (χ4n) is 2.81. The predicted molar refractivity (Wildman–Crippen MR) is 66.4 cm³/mol. The molecular weight excluding hydrogens is 198 g/mol. The number of aromatic nitrogens is 2. The summed E-state index contributed by atoms with van der Waals surface area (Å²) in [5.74, 6) is 1.99. The molecule has 0 aliphatic heterocycles. The number of hydrogen-bond acceptors (Lipinski definition) is 2. The largest absolute Gasteiger partial charge is 0.334 e. The number of imidazole rings is 1. The molecule has 1 unspecified atom stereocenters. The summed E-state index contributed by atoms with van der Waals surface area (Å²) in [4.78, 5) is 4.29. The molecule has 1 saturated carbocycles. The third-order valence-corrected chi connectivity index (χ3v) is 3.75. The first-order valence-electron chi connectivity index (χ1n) is 6.52. The molecule has 0 saturated heterocycles. The molecule has 0 radical (unpaired) electrons. The topological polar surface area (TPSA) is 29.9 Å². The van der Waals surface area contributed by atoms with Gasteiger partial charge in [-0.05, 0) is 32.2 Å². The van der Waals surface area contributed by atoms with Crippen LogP contribution in [0.2, 0.25) is 0 Å². The number of likely N-dealkylation sites (N-methyl/N-ethyl adjacent to an activating group) is 1. The van der Waals surface area contributed by atoms with E-state index in [2.05, 4.69) is 34.9 Å². The van der Waals surface area contributed by atoms with Crippen LogP contribution in [0.15, 0.2) is 12.4 Å². The normalized spacial score (nSPS) is 19.1. The van der Waals surface area contributed by atoms with E-state index in [1.165, 1.54) is 25.7 Å². The third kappa shape index (κ3) is 2.64. The molecule has 90 valence electrons. The Labute approximate surface area is 98.3 Å². The monoisotopic (exact) mass is 221 g/mol. The Kier molecular flexibility index (Phi) is 3.99. The molecule has 3 heteroatoms. The van der Waals surface area contributed by atoms with Crippen molar-refractivity contribution in [3.05, 3.63) is 18.2 Å². The second-order valence-corrected chi connectivity index (χ2v) is 4.84. The molecule has 1 N–H and O–H groups in total. The van der Waals surface area contributed by atoms with Gasteiger partial charge in [0.2, 0.25) is 0 Å². The fraction of sp³-hybridized carbons (Fsp3) is 0.769. The maximum Gasteiger partial charge on any atom is 0.105 e. The highest BCUT2D eigenvalue weighted by molar-refractivity contribution is 4.91. The smallest absolute Gasteiger partial charge is 0.105 e. The lowest BCUT2D eigenvalue weighted by Gasteiger charge is -2.25. The Morgan fingerprint density at radius 3 is 2.81 bits per heavy atom. The lowest BCUT2D eigenvalue weighted by molar-refractivity contribution is 0.325. The first-order valence-corrected chi connectivity index (χ1v) is 6.52. The summed E-state index contributed by atoms with van der Waals surface area (Å²) in [7, 11) is 0. The first kappa shape index (κ1) is 11.6. The molecule has 0 bridgehead atoms. The molecule has 1 fully saturated rings. The zero-order valence-electron chi connectivity index (χ0n) is 10.4. The van der Waals surface area contributed by atoms with Gasteiger partial charge in [-0.1, -0.05) is 19.8 Å². The molecule has 1 atom stereocenters. The van der Waals surface area contributed by atoms with Crippen molar-refractivity contribution < 1.29 is 0 Å². The lowest BCUT2D eigenvalue weighted by atomic mass is 9.98. The number of aryl methyl sites for hydroxylation is 1. The van der Waals surface area contributed by atoms with Crippen molar-refractivity contribution in [2.45, 2.75) is 52.1 Å². The molecular formula is C13H23N3. The van der Waals surface area contributed by atoms with Gasteiger partial charge < -0.3 is 9.88 Å². The highest BCUT2D eigenvalue weighted by atomic mass is 15.1. The minimum absolute atomic E-state index is 0.625. The Morgan fingerprint density at radius 2 is 2.25 bits per heavy atom. The molecule has 1 aliphatic rings. The summed E-state index contributed by atoms with van der Waals surface area (Å²) in [5, 5.41) is 3.64. The SMILES string of the molecule is CCNC(Cn1ccnc1C)C1CCCC1. The summed E-state index contributed by atoms with van der Waals surface area (Å²) in [5.41, 5.74) is 0. The molecule has 1 aromatic heterocycles. The number of hydrogen-bond donors (Lipinski definition) is 1. The lowest BCUT2D eigenvalue weighted by Crippen LogP contribution is -2.38. The van der Waals surface area contributed by atoms with Crippen molar-refractivity contribution in [2.75, 3.05) is 6.54 Å². The highest BCUT2D eigenvalue weighted by Gasteiger charge is 2.24. The average Bonchev–Trinajstić information content (AvgIpc) is 2.90. The summed E-state index contributed by atoms with van der Waals surface area (Å²) in [6, 6.07) is 0.625. The Bertz CT molecular complexity index is 313. The van der Waals surface area contributed by atoms with E-state index in [0.29, 0.717) is 6.04 Å². The molecule has 1 aliphatic carbocycles. The predicted octanol–water partition coefficient (Wildman–Crippen LogP) is 2.36. The van der Waals surface area contributed by atoms with Crippen molar-refractivity contribution in [3.8, 4) is 0 Å². The third-order valence-electron chi connectivity index (χ3n) is 3.75. The molecule has 3 nitrogen and oxygen atoms in total. The van der Waals surface area contributed by atoms with Crippen LogP contribution in [0.3, 0.4) is 0 Å². The quantitative estimate of drug-likeness (QED) is 0.827. The van der Waals surface area contributed by atoms with E-state index in [-0.39, 0.29) is 0 Å². The van der Waals surface area contributed by atoms with Crippen molar-refractivity contribution in [1.29, 1.82) is 0 Å². The van der Waals surface area contributed by atoms with Crippen LogP contribution in [-0.2, 0) is 6.54 Å². The highest BCUT2D eigenvalue weighted by Crippen LogP contribution is 2.28. The van der Waals surface area contributed by atoms with Crippen LogP contribution < -0.4 is 5.32 Å². The van der Waals surface area contributed by atoms with Gasteiger partial charge in [-0.2, -0.15) is 0 Å². The number of nitrogens with one attached hydrogen (secondary N) is 1. The van der Waals surface area contributed by atoms with Crippen molar-refractivity contribution >= 4 is 0 Å². The summed E-state index contributed by atoms with van der Waals surface area (Å²) >= 11 is 0. The Balaban J connectivity index is 1.99. The van der Waals surface area contributed by atoms with Crippen LogP contribution in [-0.4, -0.2) is 22.1 Å². The zero-order chi connectivity index (χ0) is 11.4. The van der Waals surface area contributed by atoms with Gasteiger partial charge in [0.15, 0.2) is 0 Å². The van der Waals surface area contributed by atoms with Gasteiger partial charge in [-0.15, -0.1) is 0 Å². The summed E-state index contributed by atoms with van der Waals surface area (Å²) in [6.45, 7) is 6.42. The van der Waals surface area contributed by atoms with Gasteiger partial charge in [-0.25, -0.2) is 4.98 Å². The van der Waals surface area contributed by atoms with Gasteiger partial charge in [-0.3, -0.25) is 0 Å². The van der Waals surface area contributed by atoms with Crippen molar-refractivity contribution in [3.63, 3.8) is 0 Å². The van der Waals surface area contributed by atoms with Crippen LogP contribution in [0.25, 0.3) is 0 Å².